The summed E-state index contributed by atoms with van der Waals surface area (Å²) in [7, 11) is 0. The van der Waals surface area contributed by atoms with Gasteiger partial charge in [-0.3, -0.25) is 9.78 Å². The highest BCUT2D eigenvalue weighted by Gasteiger charge is 2.18. The van der Waals surface area contributed by atoms with Crippen molar-refractivity contribution in [2.75, 3.05) is 5.32 Å². The zero-order valence-electron chi connectivity index (χ0n) is 16.3. The SMILES string of the molecule is O=C(NC1CCCC1)c1cncc(Nc2ccc(OCc3ccccc3)cc2)c1. The first-order chi connectivity index (χ1) is 14.3. The maximum Gasteiger partial charge on any atom is 0.253 e. The van der Waals surface area contributed by atoms with Crippen molar-refractivity contribution < 1.29 is 9.53 Å². The van der Waals surface area contributed by atoms with E-state index in [0.717, 1.165) is 35.5 Å². The van der Waals surface area contributed by atoms with Crippen LogP contribution in [0, 0.1) is 0 Å². The maximum atomic E-state index is 12.4. The van der Waals surface area contributed by atoms with Crippen LogP contribution in [-0.2, 0) is 6.61 Å². The van der Waals surface area contributed by atoms with Crippen molar-refractivity contribution in [2.24, 2.45) is 0 Å². The molecule has 2 N–H and O–H groups in total. The molecule has 0 radical (unpaired) electrons. The third kappa shape index (κ3) is 5.35. The summed E-state index contributed by atoms with van der Waals surface area (Å²) in [5.41, 5.74) is 3.40. The Hall–Kier alpha value is -3.34. The molecule has 29 heavy (non-hydrogen) atoms. The molecule has 2 aromatic carbocycles. The van der Waals surface area contributed by atoms with E-state index in [4.69, 9.17) is 4.74 Å². The minimum absolute atomic E-state index is 0.0577. The number of pyridine rings is 1. The highest BCUT2D eigenvalue weighted by Crippen LogP contribution is 2.22. The molecule has 1 aromatic heterocycles. The quantitative estimate of drug-likeness (QED) is 0.594. The van der Waals surface area contributed by atoms with E-state index in [9.17, 15) is 4.79 Å². The Kier molecular flexibility index (Phi) is 6.05. The highest BCUT2D eigenvalue weighted by molar-refractivity contribution is 5.95. The molecule has 0 aliphatic heterocycles. The summed E-state index contributed by atoms with van der Waals surface area (Å²) in [4.78, 5) is 16.7. The first-order valence-corrected chi connectivity index (χ1v) is 10.1. The van der Waals surface area contributed by atoms with Crippen LogP contribution in [0.2, 0.25) is 0 Å². The molecule has 5 nitrogen and oxygen atoms in total. The van der Waals surface area contributed by atoms with Crippen LogP contribution in [-0.4, -0.2) is 16.9 Å². The Labute approximate surface area is 171 Å². The monoisotopic (exact) mass is 387 g/mol. The fraction of sp³-hybridized carbons (Fsp3) is 0.250. The van der Waals surface area contributed by atoms with Gasteiger partial charge in [-0.15, -0.1) is 0 Å². The molecule has 1 saturated carbocycles. The van der Waals surface area contributed by atoms with Gasteiger partial charge in [0.15, 0.2) is 0 Å². The molecule has 5 heteroatoms. The lowest BCUT2D eigenvalue weighted by Crippen LogP contribution is -2.32. The Bertz CT molecular complexity index is 936. The maximum absolute atomic E-state index is 12.4. The van der Waals surface area contributed by atoms with Gasteiger partial charge in [0.25, 0.3) is 5.91 Å². The predicted octanol–water partition coefficient (Wildman–Crippen LogP) is 5.08. The minimum Gasteiger partial charge on any atom is -0.489 e. The van der Waals surface area contributed by atoms with E-state index >= 15 is 0 Å². The van der Waals surface area contributed by atoms with E-state index in [-0.39, 0.29) is 5.91 Å². The van der Waals surface area contributed by atoms with Crippen molar-refractivity contribution in [3.63, 3.8) is 0 Å². The molecule has 148 valence electrons. The number of hydrogen-bond acceptors (Lipinski definition) is 4. The van der Waals surface area contributed by atoms with Gasteiger partial charge in [-0.1, -0.05) is 43.2 Å². The lowest BCUT2D eigenvalue weighted by molar-refractivity contribution is 0.0937. The van der Waals surface area contributed by atoms with Crippen LogP contribution in [0.15, 0.2) is 73.1 Å². The van der Waals surface area contributed by atoms with Crippen molar-refractivity contribution in [1.82, 2.24) is 10.3 Å². The summed E-state index contributed by atoms with van der Waals surface area (Å²) in [5.74, 6) is 0.750. The summed E-state index contributed by atoms with van der Waals surface area (Å²) >= 11 is 0. The lowest BCUT2D eigenvalue weighted by atomic mass is 10.2. The van der Waals surface area contributed by atoms with Gasteiger partial charge < -0.3 is 15.4 Å². The van der Waals surface area contributed by atoms with Gasteiger partial charge in [-0.2, -0.15) is 0 Å². The zero-order valence-corrected chi connectivity index (χ0v) is 16.3. The second kappa shape index (κ2) is 9.24. The molecule has 0 bridgehead atoms. The van der Waals surface area contributed by atoms with Crippen LogP contribution in [0.1, 0.15) is 41.6 Å². The number of ether oxygens (including phenoxy) is 1. The second-order valence-corrected chi connectivity index (χ2v) is 7.34. The lowest BCUT2D eigenvalue weighted by Gasteiger charge is -2.13. The zero-order chi connectivity index (χ0) is 19.9. The number of carbonyl (C=O) groups excluding carboxylic acids is 1. The van der Waals surface area contributed by atoms with E-state index in [1.54, 1.807) is 12.4 Å². The van der Waals surface area contributed by atoms with Gasteiger partial charge in [-0.05, 0) is 48.7 Å². The van der Waals surface area contributed by atoms with E-state index in [1.807, 2.05) is 60.7 Å². The summed E-state index contributed by atoms with van der Waals surface area (Å²) < 4.78 is 5.82. The molecule has 1 amide bonds. The van der Waals surface area contributed by atoms with Crippen LogP contribution in [0.25, 0.3) is 0 Å². The van der Waals surface area contributed by atoms with Crippen LogP contribution >= 0.6 is 0 Å². The molecule has 0 unspecified atom stereocenters. The molecule has 0 saturated heterocycles. The Morgan fingerprint density at radius 3 is 2.48 bits per heavy atom. The van der Waals surface area contributed by atoms with E-state index in [0.29, 0.717) is 18.2 Å². The van der Waals surface area contributed by atoms with Crippen molar-refractivity contribution >= 4 is 17.3 Å². The number of anilines is 2. The number of nitrogens with one attached hydrogen (secondary N) is 2. The molecule has 1 aliphatic carbocycles. The van der Waals surface area contributed by atoms with Crippen molar-refractivity contribution in [1.29, 1.82) is 0 Å². The molecule has 3 aromatic rings. The van der Waals surface area contributed by atoms with Gasteiger partial charge >= 0.3 is 0 Å². The predicted molar refractivity (Wildman–Crippen MR) is 114 cm³/mol. The Balaban J connectivity index is 1.34. The average molecular weight is 387 g/mol. The van der Waals surface area contributed by atoms with Crippen LogP contribution in [0.3, 0.4) is 0 Å². The number of aromatic nitrogens is 1. The van der Waals surface area contributed by atoms with Crippen molar-refractivity contribution in [3.05, 3.63) is 84.2 Å². The number of nitrogens with zero attached hydrogens (tertiary/aromatic N) is 1. The normalized spacial score (nSPS) is 13.8. The summed E-state index contributed by atoms with van der Waals surface area (Å²) in [5, 5.41) is 6.39. The van der Waals surface area contributed by atoms with Gasteiger partial charge in [0.1, 0.15) is 12.4 Å². The molecule has 1 aliphatic rings. The number of amides is 1. The summed E-state index contributed by atoms with van der Waals surface area (Å²) in [6.07, 6.45) is 7.83. The second-order valence-electron chi connectivity index (χ2n) is 7.34. The fourth-order valence-electron chi connectivity index (χ4n) is 3.51. The van der Waals surface area contributed by atoms with Crippen LogP contribution in [0.5, 0.6) is 5.75 Å². The Morgan fingerprint density at radius 1 is 0.966 bits per heavy atom. The number of carbonyl (C=O) groups is 1. The number of hydrogen-bond donors (Lipinski definition) is 2. The molecule has 1 heterocycles. The molecular formula is C24H25N3O2. The standard InChI is InChI=1S/C24H25N3O2/c28-24(27-20-8-4-5-9-20)19-14-22(16-25-15-19)26-21-10-12-23(13-11-21)29-17-18-6-2-1-3-7-18/h1-3,6-7,10-16,20,26H,4-5,8-9,17H2,(H,27,28). The average Bonchev–Trinajstić information content (AvgIpc) is 3.27. The van der Waals surface area contributed by atoms with E-state index in [1.165, 1.54) is 12.8 Å². The summed E-state index contributed by atoms with van der Waals surface area (Å²) in [6, 6.07) is 20.0. The highest BCUT2D eigenvalue weighted by atomic mass is 16.5. The first-order valence-electron chi connectivity index (χ1n) is 10.1. The smallest absolute Gasteiger partial charge is 0.253 e. The van der Waals surface area contributed by atoms with Crippen molar-refractivity contribution in [3.8, 4) is 5.75 Å². The van der Waals surface area contributed by atoms with Crippen molar-refractivity contribution in [2.45, 2.75) is 38.3 Å². The van der Waals surface area contributed by atoms with Gasteiger partial charge in [0.2, 0.25) is 0 Å². The number of rotatable bonds is 7. The van der Waals surface area contributed by atoms with Gasteiger partial charge in [0, 0.05) is 17.9 Å². The third-order valence-corrected chi connectivity index (χ3v) is 5.08. The Morgan fingerprint density at radius 2 is 1.72 bits per heavy atom. The van der Waals surface area contributed by atoms with Gasteiger partial charge in [0.05, 0.1) is 17.4 Å². The number of benzene rings is 2. The molecule has 1 fully saturated rings. The largest absolute Gasteiger partial charge is 0.489 e. The molecular weight excluding hydrogens is 362 g/mol. The third-order valence-electron chi connectivity index (χ3n) is 5.08. The molecule has 0 spiro atoms. The van der Waals surface area contributed by atoms with Gasteiger partial charge in [-0.25, -0.2) is 0 Å². The van der Waals surface area contributed by atoms with Crippen LogP contribution < -0.4 is 15.4 Å². The first kappa shape index (κ1) is 19.0. The van der Waals surface area contributed by atoms with E-state index in [2.05, 4.69) is 15.6 Å². The van der Waals surface area contributed by atoms with Crippen LogP contribution in [0.4, 0.5) is 11.4 Å². The topological polar surface area (TPSA) is 63.2 Å². The van der Waals surface area contributed by atoms with E-state index < -0.39 is 0 Å². The minimum atomic E-state index is -0.0577. The molecule has 0 atom stereocenters. The molecule has 4 rings (SSSR count). The fourth-order valence-corrected chi connectivity index (χ4v) is 3.51. The summed E-state index contributed by atoms with van der Waals surface area (Å²) in [6.45, 7) is 0.537.